The number of anilines is 1. The zero-order valence-corrected chi connectivity index (χ0v) is 16.8. The molecular formula is C20H19ClN6O2. The average Bonchev–Trinajstić information content (AvgIpc) is 3.27. The van der Waals surface area contributed by atoms with E-state index in [0.717, 1.165) is 35.3 Å². The van der Waals surface area contributed by atoms with Crippen molar-refractivity contribution in [3.8, 4) is 0 Å². The van der Waals surface area contributed by atoms with E-state index >= 15 is 0 Å². The summed E-state index contributed by atoms with van der Waals surface area (Å²) < 4.78 is 3.51. The van der Waals surface area contributed by atoms with Crippen molar-refractivity contribution in [2.75, 3.05) is 4.90 Å². The summed E-state index contributed by atoms with van der Waals surface area (Å²) in [6.45, 7) is 4.08. The van der Waals surface area contributed by atoms with Crippen molar-refractivity contribution in [2.24, 2.45) is 0 Å². The molecule has 1 aliphatic carbocycles. The number of aromatic nitrogens is 5. The molecule has 5 rings (SSSR count). The van der Waals surface area contributed by atoms with Gasteiger partial charge in [0.25, 0.3) is 0 Å². The number of hydrogen-bond donors (Lipinski definition) is 1. The van der Waals surface area contributed by atoms with Gasteiger partial charge in [-0.3, -0.25) is 4.90 Å². The van der Waals surface area contributed by atoms with E-state index in [0.29, 0.717) is 23.1 Å². The Kier molecular flexibility index (Phi) is 3.99. The predicted octanol–water partition coefficient (Wildman–Crippen LogP) is 4.21. The Hall–Kier alpha value is -3.13. The molecule has 4 aromatic rings. The highest BCUT2D eigenvalue weighted by molar-refractivity contribution is 6.29. The van der Waals surface area contributed by atoms with Gasteiger partial charge in [-0.2, -0.15) is 9.61 Å². The molecule has 0 spiro atoms. The Morgan fingerprint density at radius 2 is 2.07 bits per heavy atom. The van der Waals surface area contributed by atoms with Crippen molar-refractivity contribution in [1.29, 1.82) is 0 Å². The van der Waals surface area contributed by atoms with Crippen LogP contribution in [-0.4, -0.2) is 35.2 Å². The normalized spacial score (nSPS) is 14.0. The van der Waals surface area contributed by atoms with Gasteiger partial charge in [0.05, 0.1) is 18.4 Å². The molecule has 0 aromatic carbocycles. The average molecular weight is 411 g/mol. The van der Waals surface area contributed by atoms with Crippen molar-refractivity contribution in [3.05, 3.63) is 58.3 Å². The molecule has 0 saturated heterocycles. The fraction of sp³-hybridized carbons (Fsp3) is 0.300. The molecule has 1 N–H and O–H groups in total. The number of imidazole rings is 1. The molecule has 0 atom stereocenters. The van der Waals surface area contributed by atoms with E-state index in [-0.39, 0.29) is 11.7 Å². The first-order chi connectivity index (χ1) is 13.9. The van der Waals surface area contributed by atoms with Gasteiger partial charge in [-0.15, -0.1) is 0 Å². The minimum absolute atomic E-state index is 0.0730. The van der Waals surface area contributed by atoms with Crippen LogP contribution in [0.3, 0.4) is 0 Å². The molecule has 148 valence electrons. The molecule has 4 heterocycles. The van der Waals surface area contributed by atoms with Crippen LogP contribution in [0.15, 0.2) is 30.6 Å². The van der Waals surface area contributed by atoms with Gasteiger partial charge in [-0.25, -0.2) is 14.8 Å². The number of amides is 1. The Balaban J connectivity index is 1.59. The van der Waals surface area contributed by atoms with Crippen LogP contribution in [0.4, 0.5) is 10.6 Å². The molecule has 0 bridgehead atoms. The minimum Gasteiger partial charge on any atom is -0.465 e. The number of fused-ring (bicyclic) bond motifs is 2. The number of carboxylic acid groups (broad SMARTS) is 1. The first-order valence-corrected chi connectivity index (χ1v) is 9.78. The van der Waals surface area contributed by atoms with Crippen LogP contribution >= 0.6 is 11.6 Å². The maximum absolute atomic E-state index is 12.1. The van der Waals surface area contributed by atoms with Gasteiger partial charge < -0.3 is 9.51 Å². The third-order valence-corrected chi connectivity index (χ3v) is 5.44. The predicted molar refractivity (Wildman–Crippen MR) is 109 cm³/mol. The molecule has 1 aliphatic rings. The quantitative estimate of drug-likeness (QED) is 0.509. The van der Waals surface area contributed by atoms with E-state index in [2.05, 4.69) is 21.1 Å². The fourth-order valence-corrected chi connectivity index (χ4v) is 3.95. The number of rotatable bonds is 4. The van der Waals surface area contributed by atoms with Crippen molar-refractivity contribution in [2.45, 2.75) is 39.2 Å². The third-order valence-electron chi connectivity index (χ3n) is 5.25. The molecule has 9 heteroatoms. The standard InChI is InChI=1S/C20H19ClN6O2/c1-11-5-12(2)25-9-14(23-17(25)6-11)10-26(20(28)29)18-7-16(21)24-19-15(13-3-4-13)8-22-27(18)19/h5-9,13H,3-4,10H2,1-2H3,(H,28,29). The Morgan fingerprint density at radius 3 is 2.79 bits per heavy atom. The van der Waals surface area contributed by atoms with Gasteiger partial charge >= 0.3 is 6.09 Å². The van der Waals surface area contributed by atoms with Crippen LogP contribution in [0, 0.1) is 13.8 Å². The van der Waals surface area contributed by atoms with E-state index in [1.54, 1.807) is 10.7 Å². The lowest BCUT2D eigenvalue weighted by Gasteiger charge is -2.19. The zero-order chi connectivity index (χ0) is 20.3. The van der Waals surface area contributed by atoms with Crippen molar-refractivity contribution < 1.29 is 9.90 Å². The van der Waals surface area contributed by atoms with E-state index in [1.165, 1.54) is 11.0 Å². The number of nitrogens with zero attached hydrogens (tertiary/aromatic N) is 6. The van der Waals surface area contributed by atoms with E-state index < -0.39 is 6.09 Å². The summed E-state index contributed by atoms with van der Waals surface area (Å²) in [5, 5.41) is 14.6. The number of halogens is 1. The third kappa shape index (κ3) is 3.09. The summed E-state index contributed by atoms with van der Waals surface area (Å²) in [6.07, 6.45) is 4.69. The van der Waals surface area contributed by atoms with Crippen LogP contribution in [-0.2, 0) is 6.54 Å². The highest BCUT2D eigenvalue weighted by atomic mass is 35.5. The lowest BCUT2D eigenvalue weighted by Crippen LogP contribution is -2.31. The summed E-state index contributed by atoms with van der Waals surface area (Å²) >= 11 is 6.24. The Morgan fingerprint density at radius 1 is 1.28 bits per heavy atom. The van der Waals surface area contributed by atoms with Gasteiger partial charge in [-0.1, -0.05) is 11.6 Å². The van der Waals surface area contributed by atoms with Crippen molar-refractivity contribution in [1.82, 2.24) is 24.0 Å². The first-order valence-electron chi connectivity index (χ1n) is 9.40. The lowest BCUT2D eigenvalue weighted by atomic mass is 10.2. The molecule has 8 nitrogen and oxygen atoms in total. The Labute approximate surface area is 171 Å². The van der Waals surface area contributed by atoms with Crippen LogP contribution in [0.2, 0.25) is 5.15 Å². The topological polar surface area (TPSA) is 88.0 Å². The van der Waals surface area contributed by atoms with Crippen molar-refractivity contribution in [3.63, 3.8) is 0 Å². The highest BCUT2D eigenvalue weighted by Gasteiger charge is 2.29. The fourth-order valence-electron chi connectivity index (χ4n) is 3.77. The molecule has 29 heavy (non-hydrogen) atoms. The molecular weight excluding hydrogens is 392 g/mol. The summed E-state index contributed by atoms with van der Waals surface area (Å²) in [7, 11) is 0. The number of pyridine rings is 1. The maximum atomic E-state index is 12.1. The monoisotopic (exact) mass is 410 g/mol. The van der Waals surface area contributed by atoms with E-state index in [4.69, 9.17) is 11.6 Å². The first kappa shape index (κ1) is 17.9. The zero-order valence-electron chi connectivity index (χ0n) is 16.0. The summed E-state index contributed by atoms with van der Waals surface area (Å²) in [4.78, 5) is 22.3. The molecule has 1 fully saturated rings. The molecule has 1 amide bonds. The second kappa shape index (κ2) is 6.45. The molecule has 0 unspecified atom stereocenters. The number of hydrogen-bond acceptors (Lipinski definition) is 4. The SMILES string of the molecule is Cc1cc(C)n2cc(CN(C(=O)O)c3cc(Cl)nc4c(C5CC5)cnn34)nc2c1. The van der Waals surface area contributed by atoms with Crippen LogP contribution in [0.25, 0.3) is 11.3 Å². The van der Waals surface area contributed by atoms with Gasteiger partial charge in [0.2, 0.25) is 0 Å². The largest absolute Gasteiger partial charge is 0.465 e. The van der Waals surface area contributed by atoms with Crippen LogP contribution < -0.4 is 4.90 Å². The molecule has 0 aliphatic heterocycles. The minimum atomic E-state index is -1.11. The second-order valence-electron chi connectivity index (χ2n) is 7.55. The highest BCUT2D eigenvalue weighted by Crippen LogP contribution is 2.42. The van der Waals surface area contributed by atoms with Gasteiger partial charge in [0.15, 0.2) is 5.65 Å². The van der Waals surface area contributed by atoms with E-state index in [9.17, 15) is 9.90 Å². The van der Waals surface area contributed by atoms with Gasteiger partial charge in [-0.05, 0) is 50.3 Å². The van der Waals surface area contributed by atoms with Crippen LogP contribution in [0.1, 0.15) is 41.3 Å². The molecule has 1 saturated carbocycles. The number of aryl methyl sites for hydroxylation is 2. The molecule has 4 aromatic heterocycles. The van der Waals surface area contributed by atoms with Crippen LogP contribution in [0.5, 0.6) is 0 Å². The molecule has 0 radical (unpaired) electrons. The van der Waals surface area contributed by atoms with Crippen molar-refractivity contribution >= 4 is 34.8 Å². The van der Waals surface area contributed by atoms with Gasteiger partial charge in [0, 0.05) is 23.5 Å². The van der Waals surface area contributed by atoms with Gasteiger partial charge in [0.1, 0.15) is 16.6 Å². The number of carbonyl (C=O) groups is 1. The summed E-state index contributed by atoms with van der Waals surface area (Å²) in [5.41, 5.74) is 5.19. The second-order valence-corrected chi connectivity index (χ2v) is 7.94. The smallest absolute Gasteiger partial charge is 0.413 e. The van der Waals surface area contributed by atoms with E-state index in [1.807, 2.05) is 30.5 Å². The lowest BCUT2D eigenvalue weighted by molar-refractivity contribution is 0.201. The summed E-state index contributed by atoms with van der Waals surface area (Å²) in [5.74, 6) is 0.776. The Bertz CT molecular complexity index is 1270. The summed E-state index contributed by atoms with van der Waals surface area (Å²) in [6, 6.07) is 5.55. The maximum Gasteiger partial charge on any atom is 0.413 e.